The van der Waals surface area contributed by atoms with Gasteiger partial charge in [-0.15, -0.1) is 0 Å². The molecule has 3 heteroatoms. The van der Waals surface area contributed by atoms with Crippen molar-refractivity contribution in [1.29, 1.82) is 0 Å². The van der Waals surface area contributed by atoms with Crippen molar-refractivity contribution in [2.45, 2.75) is 46.1 Å². The van der Waals surface area contributed by atoms with Gasteiger partial charge >= 0.3 is 0 Å². The summed E-state index contributed by atoms with van der Waals surface area (Å²) in [5, 5.41) is 3.47. The molecule has 1 saturated heterocycles. The maximum Gasteiger partial charge on any atom is 0.0696 e. The predicted molar refractivity (Wildman–Crippen MR) is 71.3 cm³/mol. The average molecular weight is 243 g/mol. The SMILES string of the molecule is CCC(CNCC(C)C)OCC1CCOCC1. The Morgan fingerprint density at radius 1 is 1.24 bits per heavy atom. The van der Waals surface area contributed by atoms with E-state index in [1.807, 2.05) is 0 Å². The van der Waals surface area contributed by atoms with Crippen LogP contribution >= 0.6 is 0 Å². The Labute approximate surface area is 106 Å². The Morgan fingerprint density at radius 2 is 1.94 bits per heavy atom. The van der Waals surface area contributed by atoms with Crippen LogP contribution in [0.2, 0.25) is 0 Å². The highest BCUT2D eigenvalue weighted by molar-refractivity contribution is 4.66. The summed E-state index contributed by atoms with van der Waals surface area (Å²) in [4.78, 5) is 0. The molecule has 1 rings (SSSR count). The highest BCUT2D eigenvalue weighted by atomic mass is 16.5. The molecule has 0 amide bonds. The lowest BCUT2D eigenvalue weighted by molar-refractivity contribution is -0.0115. The molecule has 0 aromatic rings. The minimum absolute atomic E-state index is 0.372. The van der Waals surface area contributed by atoms with E-state index < -0.39 is 0 Å². The van der Waals surface area contributed by atoms with E-state index in [9.17, 15) is 0 Å². The van der Waals surface area contributed by atoms with Gasteiger partial charge < -0.3 is 14.8 Å². The molecule has 1 aliphatic heterocycles. The third-order valence-corrected chi connectivity index (χ3v) is 3.29. The monoisotopic (exact) mass is 243 g/mol. The second-order valence-electron chi connectivity index (χ2n) is 5.47. The van der Waals surface area contributed by atoms with Crippen LogP contribution in [-0.2, 0) is 9.47 Å². The molecule has 0 aromatic carbocycles. The fourth-order valence-corrected chi connectivity index (χ4v) is 2.04. The van der Waals surface area contributed by atoms with Gasteiger partial charge in [0.25, 0.3) is 0 Å². The van der Waals surface area contributed by atoms with Crippen molar-refractivity contribution in [3.8, 4) is 0 Å². The molecule has 1 aliphatic rings. The van der Waals surface area contributed by atoms with Gasteiger partial charge in [-0.05, 0) is 37.6 Å². The van der Waals surface area contributed by atoms with E-state index >= 15 is 0 Å². The predicted octanol–water partition coefficient (Wildman–Crippen LogP) is 2.45. The van der Waals surface area contributed by atoms with Gasteiger partial charge in [-0.2, -0.15) is 0 Å². The molecule has 0 radical (unpaired) electrons. The third kappa shape index (κ3) is 7.02. The van der Waals surface area contributed by atoms with Gasteiger partial charge in [0.05, 0.1) is 6.10 Å². The van der Waals surface area contributed by atoms with Crippen LogP contribution in [-0.4, -0.2) is 39.0 Å². The van der Waals surface area contributed by atoms with E-state index in [-0.39, 0.29) is 0 Å². The van der Waals surface area contributed by atoms with E-state index in [2.05, 4.69) is 26.1 Å². The van der Waals surface area contributed by atoms with Crippen LogP contribution in [0.4, 0.5) is 0 Å². The van der Waals surface area contributed by atoms with Crippen LogP contribution in [0.25, 0.3) is 0 Å². The molecule has 102 valence electrons. The zero-order valence-corrected chi connectivity index (χ0v) is 11.7. The lowest BCUT2D eigenvalue weighted by atomic mass is 10.0. The van der Waals surface area contributed by atoms with Crippen LogP contribution in [0.5, 0.6) is 0 Å². The first-order chi connectivity index (χ1) is 8.22. The largest absolute Gasteiger partial charge is 0.381 e. The summed E-state index contributed by atoms with van der Waals surface area (Å²) in [5.74, 6) is 1.42. The highest BCUT2D eigenvalue weighted by Gasteiger charge is 2.16. The van der Waals surface area contributed by atoms with Crippen molar-refractivity contribution in [2.24, 2.45) is 11.8 Å². The molecule has 0 bridgehead atoms. The molecule has 1 N–H and O–H groups in total. The summed E-state index contributed by atoms with van der Waals surface area (Å²) in [6.07, 6.45) is 3.79. The second kappa shape index (κ2) is 8.90. The van der Waals surface area contributed by atoms with E-state index in [0.717, 1.165) is 52.2 Å². The molecule has 0 spiro atoms. The summed E-state index contributed by atoms with van der Waals surface area (Å²) < 4.78 is 11.4. The molecule has 3 nitrogen and oxygen atoms in total. The number of nitrogens with one attached hydrogen (secondary N) is 1. The van der Waals surface area contributed by atoms with Gasteiger partial charge in [0, 0.05) is 26.4 Å². The molecule has 0 aliphatic carbocycles. The standard InChI is InChI=1S/C14H29NO2/c1-4-14(10-15-9-12(2)3)17-11-13-5-7-16-8-6-13/h12-15H,4-11H2,1-3H3. The smallest absolute Gasteiger partial charge is 0.0696 e. The Bertz CT molecular complexity index is 179. The first-order valence-electron chi connectivity index (χ1n) is 7.12. The maximum atomic E-state index is 5.99. The van der Waals surface area contributed by atoms with Crippen molar-refractivity contribution >= 4 is 0 Å². The number of hydrogen-bond acceptors (Lipinski definition) is 3. The van der Waals surface area contributed by atoms with E-state index in [1.54, 1.807) is 0 Å². The first-order valence-corrected chi connectivity index (χ1v) is 7.12. The lowest BCUT2D eigenvalue weighted by Crippen LogP contribution is -2.33. The molecule has 0 aromatic heterocycles. The van der Waals surface area contributed by atoms with Gasteiger partial charge in [-0.1, -0.05) is 20.8 Å². The number of hydrogen-bond donors (Lipinski definition) is 1. The zero-order chi connectivity index (χ0) is 12.5. The van der Waals surface area contributed by atoms with Crippen molar-refractivity contribution < 1.29 is 9.47 Å². The van der Waals surface area contributed by atoms with Crippen molar-refractivity contribution in [1.82, 2.24) is 5.32 Å². The second-order valence-corrected chi connectivity index (χ2v) is 5.47. The Hall–Kier alpha value is -0.120. The molecular weight excluding hydrogens is 214 g/mol. The summed E-state index contributed by atoms with van der Waals surface area (Å²) in [7, 11) is 0. The number of rotatable bonds is 8. The zero-order valence-electron chi connectivity index (χ0n) is 11.7. The highest BCUT2D eigenvalue weighted by Crippen LogP contribution is 2.15. The van der Waals surface area contributed by atoms with Crippen LogP contribution < -0.4 is 5.32 Å². The number of ether oxygens (including phenoxy) is 2. The summed E-state index contributed by atoms with van der Waals surface area (Å²) >= 11 is 0. The quantitative estimate of drug-likeness (QED) is 0.710. The van der Waals surface area contributed by atoms with Crippen molar-refractivity contribution in [3.05, 3.63) is 0 Å². The minimum Gasteiger partial charge on any atom is -0.381 e. The van der Waals surface area contributed by atoms with E-state index in [0.29, 0.717) is 17.9 Å². The summed E-state index contributed by atoms with van der Waals surface area (Å²) in [6.45, 7) is 11.5. The molecule has 0 saturated carbocycles. The van der Waals surface area contributed by atoms with Crippen LogP contribution in [0, 0.1) is 11.8 Å². The van der Waals surface area contributed by atoms with E-state index in [4.69, 9.17) is 9.47 Å². The molecule has 1 heterocycles. The van der Waals surface area contributed by atoms with E-state index in [1.165, 1.54) is 0 Å². The van der Waals surface area contributed by atoms with Gasteiger partial charge in [0.1, 0.15) is 0 Å². The van der Waals surface area contributed by atoms with Crippen molar-refractivity contribution in [2.75, 3.05) is 32.9 Å². The summed E-state index contributed by atoms with van der Waals surface area (Å²) in [5.41, 5.74) is 0. The molecule has 17 heavy (non-hydrogen) atoms. The Balaban J connectivity index is 2.08. The normalized spacial score (nSPS) is 19.8. The molecule has 1 unspecified atom stereocenters. The average Bonchev–Trinajstić information content (AvgIpc) is 2.34. The first kappa shape index (κ1) is 14.9. The fourth-order valence-electron chi connectivity index (χ4n) is 2.04. The van der Waals surface area contributed by atoms with Crippen molar-refractivity contribution in [3.63, 3.8) is 0 Å². The third-order valence-electron chi connectivity index (χ3n) is 3.29. The van der Waals surface area contributed by atoms with Gasteiger partial charge in [0.15, 0.2) is 0 Å². The Morgan fingerprint density at radius 3 is 2.53 bits per heavy atom. The topological polar surface area (TPSA) is 30.5 Å². The molecule has 1 fully saturated rings. The minimum atomic E-state index is 0.372. The van der Waals surface area contributed by atoms with Gasteiger partial charge in [0.2, 0.25) is 0 Å². The van der Waals surface area contributed by atoms with Gasteiger partial charge in [-0.25, -0.2) is 0 Å². The Kier molecular flexibility index (Phi) is 7.82. The van der Waals surface area contributed by atoms with Crippen LogP contribution in [0.3, 0.4) is 0 Å². The van der Waals surface area contributed by atoms with Gasteiger partial charge in [-0.3, -0.25) is 0 Å². The lowest BCUT2D eigenvalue weighted by Gasteiger charge is -2.25. The fraction of sp³-hybridized carbons (Fsp3) is 1.00. The maximum absolute atomic E-state index is 5.99. The van der Waals surface area contributed by atoms with Crippen LogP contribution in [0.1, 0.15) is 40.0 Å². The molecule has 1 atom stereocenters. The van der Waals surface area contributed by atoms with Crippen LogP contribution in [0.15, 0.2) is 0 Å². The molecular formula is C14H29NO2. The summed E-state index contributed by atoms with van der Waals surface area (Å²) in [6, 6.07) is 0.